The molecule has 1 aromatic rings. The van der Waals surface area contributed by atoms with E-state index in [1.165, 1.54) is 12.1 Å². The maximum Gasteiger partial charge on any atom is 0.325 e. The smallest absolute Gasteiger partial charge is 0.325 e. The standard InChI is InChI=1S/C14H14F2N2O3/c15-10-3-1-2-9(11(10)16)4-6-18-12(19)14(17-13(18)20)5-7-21-8-14/h1-3H,4-8H2,(H,17,20). The van der Waals surface area contributed by atoms with Gasteiger partial charge in [0, 0.05) is 19.6 Å². The number of amides is 3. The van der Waals surface area contributed by atoms with E-state index in [4.69, 9.17) is 4.74 Å². The van der Waals surface area contributed by atoms with E-state index in [1.807, 2.05) is 0 Å². The number of nitrogens with zero attached hydrogens (tertiary/aromatic N) is 1. The molecule has 2 fully saturated rings. The molecule has 0 bridgehead atoms. The first-order valence-corrected chi connectivity index (χ1v) is 6.68. The van der Waals surface area contributed by atoms with Crippen molar-refractivity contribution in [2.75, 3.05) is 19.8 Å². The molecular weight excluding hydrogens is 282 g/mol. The molecule has 1 unspecified atom stereocenters. The van der Waals surface area contributed by atoms with Crippen molar-refractivity contribution in [1.29, 1.82) is 0 Å². The van der Waals surface area contributed by atoms with Gasteiger partial charge >= 0.3 is 6.03 Å². The summed E-state index contributed by atoms with van der Waals surface area (Å²) in [6.07, 6.45) is 0.502. The topological polar surface area (TPSA) is 58.6 Å². The molecule has 1 aromatic carbocycles. The summed E-state index contributed by atoms with van der Waals surface area (Å²) in [5, 5.41) is 2.64. The summed E-state index contributed by atoms with van der Waals surface area (Å²) in [6, 6.07) is 3.34. The molecule has 1 spiro atoms. The Balaban J connectivity index is 1.72. The van der Waals surface area contributed by atoms with Gasteiger partial charge in [-0.3, -0.25) is 9.69 Å². The number of halogens is 2. The van der Waals surface area contributed by atoms with Crippen LogP contribution in [0.3, 0.4) is 0 Å². The predicted molar refractivity (Wildman–Crippen MR) is 68.5 cm³/mol. The minimum Gasteiger partial charge on any atom is -0.378 e. The second-order valence-electron chi connectivity index (χ2n) is 5.23. The lowest BCUT2D eigenvalue weighted by atomic mass is 9.99. The highest BCUT2D eigenvalue weighted by Crippen LogP contribution is 2.27. The Morgan fingerprint density at radius 2 is 2.14 bits per heavy atom. The molecule has 0 radical (unpaired) electrons. The highest BCUT2D eigenvalue weighted by Gasteiger charge is 2.53. The first-order chi connectivity index (χ1) is 10.0. The maximum absolute atomic E-state index is 13.6. The summed E-state index contributed by atoms with van der Waals surface area (Å²) < 4.78 is 31.9. The van der Waals surface area contributed by atoms with Crippen LogP contribution < -0.4 is 5.32 Å². The zero-order chi connectivity index (χ0) is 15.0. The number of carbonyl (C=O) groups excluding carboxylic acids is 2. The van der Waals surface area contributed by atoms with Gasteiger partial charge in [-0.05, 0) is 18.1 Å². The number of carbonyl (C=O) groups is 2. The number of hydrogen-bond donors (Lipinski definition) is 1. The van der Waals surface area contributed by atoms with Gasteiger partial charge < -0.3 is 10.1 Å². The van der Waals surface area contributed by atoms with Crippen LogP contribution in [0.25, 0.3) is 0 Å². The minimum absolute atomic E-state index is 0.00674. The maximum atomic E-state index is 13.6. The molecule has 0 aliphatic carbocycles. The Labute approximate surface area is 119 Å². The molecule has 0 aromatic heterocycles. The minimum atomic E-state index is -0.975. The summed E-state index contributed by atoms with van der Waals surface area (Å²) in [5.74, 6) is -2.24. The molecule has 21 heavy (non-hydrogen) atoms. The van der Waals surface area contributed by atoms with Gasteiger partial charge in [-0.15, -0.1) is 0 Å². The Morgan fingerprint density at radius 1 is 1.33 bits per heavy atom. The predicted octanol–water partition coefficient (Wildman–Crippen LogP) is 1.22. The number of urea groups is 1. The fourth-order valence-electron chi connectivity index (χ4n) is 2.69. The summed E-state index contributed by atoms with van der Waals surface area (Å²) >= 11 is 0. The van der Waals surface area contributed by atoms with E-state index in [1.54, 1.807) is 0 Å². The summed E-state index contributed by atoms with van der Waals surface area (Å²) in [4.78, 5) is 25.2. The average Bonchev–Trinajstić information content (AvgIpc) is 3.00. The Morgan fingerprint density at radius 3 is 2.86 bits per heavy atom. The van der Waals surface area contributed by atoms with E-state index in [9.17, 15) is 18.4 Å². The lowest BCUT2D eigenvalue weighted by Gasteiger charge is -2.18. The van der Waals surface area contributed by atoms with Gasteiger partial charge in [0.15, 0.2) is 11.6 Å². The van der Waals surface area contributed by atoms with E-state index in [2.05, 4.69) is 5.32 Å². The fraction of sp³-hybridized carbons (Fsp3) is 0.429. The summed E-state index contributed by atoms with van der Waals surface area (Å²) in [6.45, 7) is 0.577. The second-order valence-corrected chi connectivity index (χ2v) is 5.23. The molecular formula is C14H14F2N2O3. The molecule has 112 valence electrons. The second kappa shape index (κ2) is 5.07. The van der Waals surface area contributed by atoms with Crippen molar-refractivity contribution < 1.29 is 23.1 Å². The number of rotatable bonds is 3. The van der Waals surface area contributed by atoms with E-state index in [-0.39, 0.29) is 31.0 Å². The van der Waals surface area contributed by atoms with Crippen molar-refractivity contribution in [3.8, 4) is 0 Å². The Bertz CT molecular complexity index is 600. The van der Waals surface area contributed by atoms with E-state index < -0.39 is 23.2 Å². The molecule has 0 saturated carbocycles. The summed E-state index contributed by atoms with van der Waals surface area (Å²) in [7, 11) is 0. The first-order valence-electron chi connectivity index (χ1n) is 6.68. The molecule has 5 nitrogen and oxygen atoms in total. The van der Waals surface area contributed by atoms with Crippen LogP contribution in [0.2, 0.25) is 0 Å². The van der Waals surface area contributed by atoms with E-state index in [0.717, 1.165) is 11.0 Å². The van der Waals surface area contributed by atoms with Crippen LogP contribution in [0, 0.1) is 11.6 Å². The monoisotopic (exact) mass is 296 g/mol. The molecule has 2 saturated heterocycles. The number of ether oxygens (including phenoxy) is 1. The quantitative estimate of drug-likeness (QED) is 0.853. The zero-order valence-corrected chi connectivity index (χ0v) is 11.2. The fourth-order valence-corrected chi connectivity index (χ4v) is 2.69. The number of nitrogens with one attached hydrogen (secondary N) is 1. The van der Waals surface area contributed by atoms with Crippen molar-refractivity contribution in [3.05, 3.63) is 35.4 Å². The van der Waals surface area contributed by atoms with Crippen LogP contribution in [0.1, 0.15) is 12.0 Å². The molecule has 2 heterocycles. The third kappa shape index (κ3) is 2.27. The van der Waals surface area contributed by atoms with Crippen LogP contribution in [-0.4, -0.2) is 42.1 Å². The van der Waals surface area contributed by atoms with Crippen molar-refractivity contribution in [1.82, 2.24) is 10.2 Å². The van der Waals surface area contributed by atoms with Gasteiger partial charge in [0.1, 0.15) is 5.54 Å². The third-order valence-electron chi connectivity index (χ3n) is 3.90. The van der Waals surface area contributed by atoms with Gasteiger partial charge in [-0.2, -0.15) is 0 Å². The molecule has 2 aliphatic heterocycles. The number of hydrogen-bond acceptors (Lipinski definition) is 3. The Hall–Kier alpha value is -2.02. The molecule has 7 heteroatoms. The lowest BCUT2D eigenvalue weighted by Crippen LogP contribution is -2.47. The van der Waals surface area contributed by atoms with Crippen LogP contribution in [0.15, 0.2) is 18.2 Å². The first kappa shape index (κ1) is 13.9. The Kier molecular flexibility index (Phi) is 3.36. The highest BCUT2D eigenvalue weighted by atomic mass is 19.2. The normalized spacial score (nSPS) is 25.0. The van der Waals surface area contributed by atoms with Crippen LogP contribution in [0.4, 0.5) is 13.6 Å². The average molecular weight is 296 g/mol. The van der Waals surface area contributed by atoms with Gasteiger partial charge in [0.2, 0.25) is 0 Å². The van der Waals surface area contributed by atoms with Crippen molar-refractivity contribution >= 4 is 11.9 Å². The van der Waals surface area contributed by atoms with Gasteiger partial charge in [0.05, 0.1) is 6.61 Å². The van der Waals surface area contributed by atoms with Crippen molar-refractivity contribution in [2.24, 2.45) is 0 Å². The van der Waals surface area contributed by atoms with E-state index >= 15 is 0 Å². The number of benzene rings is 1. The third-order valence-corrected chi connectivity index (χ3v) is 3.90. The van der Waals surface area contributed by atoms with Crippen molar-refractivity contribution in [3.63, 3.8) is 0 Å². The van der Waals surface area contributed by atoms with Crippen LogP contribution in [-0.2, 0) is 16.0 Å². The largest absolute Gasteiger partial charge is 0.378 e. The zero-order valence-electron chi connectivity index (χ0n) is 11.2. The van der Waals surface area contributed by atoms with E-state index in [0.29, 0.717) is 13.0 Å². The molecule has 1 atom stereocenters. The van der Waals surface area contributed by atoms with Crippen molar-refractivity contribution in [2.45, 2.75) is 18.4 Å². The van der Waals surface area contributed by atoms with Gasteiger partial charge in [-0.25, -0.2) is 13.6 Å². The molecule has 3 rings (SSSR count). The van der Waals surface area contributed by atoms with Gasteiger partial charge in [-0.1, -0.05) is 12.1 Å². The van der Waals surface area contributed by atoms with Crippen LogP contribution >= 0.6 is 0 Å². The molecule has 3 amide bonds. The summed E-state index contributed by atoms with van der Waals surface area (Å²) in [5.41, 5.74) is -0.836. The molecule has 1 N–H and O–H groups in total. The SMILES string of the molecule is O=C1NC2(CCOC2)C(=O)N1CCc1cccc(F)c1F. The van der Waals surface area contributed by atoms with Crippen LogP contribution in [0.5, 0.6) is 0 Å². The highest BCUT2D eigenvalue weighted by molar-refractivity contribution is 6.07. The lowest BCUT2D eigenvalue weighted by molar-refractivity contribution is -0.131. The number of imide groups is 1. The molecule has 2 aliphatic rings. The van der Waals surface area contributed by atoms with Gasteiger partial charge in [0.25, 0.3) is 5.91 Å².